The van der Waals surface area contributed by atoms with Crippen LogP contribution in [0.3, 0.4) is 0 Å². The Bertz CT molecular complexity index is 366. The van der Waals surface area contributed by atoms with Crippen molar-refractivity contribution in [3.8, 4) is 5.75 Å². The van der Waals surface area contributed by atoms with Gasteiger partial charge in [-0.3, -0.25) is 0 Å². The minimum Gasteiger partial charge on any atom is -0.406 e. The Morgan fingerprint density at radius 3 is 2.53 bits per heavy atom. The van der Waals surface area contributed by atoms with Crippen molar-refractivity contribution in [2.75, 3.05) is 13.2 Å². The van der Waals surface area contributed by atoms with E-state index in [2.05, 4.69) is 4.74 Å². The standard InChI is InChI=1S/C11H14F3NO2/c1-8-4-9(7-16-3-2-15)6-10(5-8)17-11(12,13)14/h4-6H,2-3,7,15H2,1H3. The highest BCUT2D eigenvalue weighted by Crippen LogP contribution is 2.25. The number of aryl methyl sites for hydroxylation is 1. The van der Waals surface area contributed by atoms with Gasteiger partial charge in [-0.25, -0.2) is 0 Å². The molecule has 0 spiro atoms. The van der Waals surface area contributed by atoms with E-state index in [1.54, 1.807) is 13.0 Å². The van der Waals surface area contributed by atoms with E-state index >= 15 is 0 Å². The molecule has 0 aliphatic carbocycles. The van der Waals surface area contributed by atoms with Gasteiger partial charge in [-0.1, -0.05) is 6.07 Å². The van der Waals surface area contributed by atoms with Crippen LogP contribution in [0, 0.1) is 6.92 Å². The summed E-state index contributed by atoms with van der Waals surface area (Å²) >= 11 is 0. The Morgan fingerprint density at radius 2 is 1.94 bits per heavy atom. The van der Waals surface area contributed by atoms with Crippen molar-refractivity contribution < 1.29 is 22.6 Å². The quantitative estimate of drug-likeness (QED) is 0.815. The first kappa shape index (κ1) is 13.8. The molecule has 1 aromatic carbocycles. The molecule has 0 atom stereocenters. The van der Waals surface area contributed by atoms with Crippen LogP contribution in [-0.2, 0) is 11.3 Å². The molecule has 96 valence electrons. The zero-order chi connectivity index (χ0) is 12.9. The van der Waals surface area contributed by atoms with E-state index in [1.165, 1.54) is 12.1 Å². The highest BCUT2D eigenvalue weighted by molar-refractivity contribution is 5.33. The van der Waals surface area contributed by atoms with Crippen molar-refractivity contribution >= 4 is 0 Å². The van der Waals surface area contributed by atoms with Crippen molar-refractivity contribution in [1.82, 2.24) is 0 Å². The number of benzene rings is 1. The predicted octanol–water partition coefficient (Wildman–Crippen LogP) is 2.37. The average molecular weight is 249 g/mol. The molecule has 2 N–H and O–H groups in total. The van der Waals surface area contributed by atoms with Gasteiger partial charge in [0.25, 0.3) is 0 Å². The summed E-state index contributed by atoms with van der Waals surface area (Å²) in [6.07, 6.45) is -4.68. The van der Waals surface area contributed by atoms with Gasteiger partial charge in [0.05, 0.1) is 13.2 Å². The van der Waals surface area contributed by atoms with Gasteiger partial charge < -0.3 is 15.2 Å². The van der Waals surface area contributed by atoms with Crippen LogP contribution < -0.4 is 10.5 Å². The zero-order valence-corrected chi connectivity index (χ0v) is 9.38. The Balaban J connectivity index is 2.72. The van der Waals surface area contributed by atoms with Crippen LogP contribution in [0.1, 0.15) is 11.1 Å². The van der Waals surface area contributed by atoms with Gasteiger partial charge >= 0.3 is 6.36 Å². The first-order chi connectivity index (χ1) is 7.90. The Kier molecular flexibility index (Phi) is 4.77. The van der Waals surface area contributed by atoms with Gasteiger partial charge in [-0.2, -0.15) is 0 Å². The summed E-state index contributed by atoms with van der Waals surface area (Å²) in [5.41, 5.74) is 6.54. The predicted molar refractivity (Wildman–Crippen MR) is 56.6 cm³/mol. The molecule has 0 aliphatic rings. The lowest BCUT2D eigenvalue weighted by atomic mass is 10.1. The van der Waals surface area contributed by atoms with Gasteiger partial charge in [-0.15, -0.1) is 13.2 Å². The monoisotopic (exact) mass is 249 g/mol. The van der Waals surface area contributed by atoms with Crippen molar-refractivity contribution in [1.29, 1.82) is 0 Å². The molecule has 0 heterocycles. The second-order valence-electron chi connectivity index (χ2n) is 3.54. The first-order valence-corrected chi connectivity index (χ1v) is 5.05. The maximum atomic E-state index is 12.0. The topological polar surface area (TPSA) is 44.5 Å². The van der Waals surface area contributed by atoms with E-state index in [-0.39, 0.29) is 12.4 Å². The fraction of sp³-hybridized carbons (Fsp3) is 0.455. The Labute approximate surface area is 97.3 Å². The van der Waals surface area contributed by atoms with Crippen LogP contribution in [0.5, 0.6) is 5.75 Å². The summed E-state index contributed by atoms with van der Waals surface area (Å²) < 4.78 is 45.1. The molecule has 3 nitrogen and oxygen atoms in total. The lowest BCUT2D eigenvalue weighted by Gasteiger charge is -2.11. The summed E-state index contributed by atoms with van der Waals surface area (Å²) in [5.74, 6) is -0.233. The molecule has 17 heavy (non-hydrogen) atoms. The molecule has 0 saturated heterocycles. The molecule has 1 rings (SSSR count). The molecule has 1 aromatic rings. The summed E-state index contributed by atoms with van der Waals surface area (Å²) in [7, 11) is 0. The molecule has 0 bridgehead atoms. The van der Waals surface area contributed by atoms with E-state index < -0.39 is 6.36 Å². The number of halogens is 3. The van der Waals surface area contributed by atoms with Crippen LogP contribution >= 0.6 is 0 Å². The number of hydrogen-bond donors (Lipinski definition) is 1. The van der Waals surface area contributed by atoms with Gasteiger partial charge in [0.1, 0.15) is 5.75 Å². The molecule has 0 unspecified atom stereocenters. The van der Waals surface area contributed by atoms with E-state index in [1.807, 2.05) is 0 Å². The van der Waals surface area contributed by atoms with E-state index in [0.29, 0.717) is 24.3 Å². The Morgan fingerprint density at radius 1 is 1.24 bits per heavy atom. The van der Waals surface area contributed by atoms with E-state index in [9.17, 15) is 13.2 Å². The third-order valence-electron chi connectivity index (χ3n) is 1.88. The number of ether oxygens (including phenoxy) is 2. The smallest absolute Gasteiger partial charge is 0.406 e. The lowest BCUT2D eigenvalue weighted by Crippen LogP contribution is -2.17. The van der Waals surface area contributed by atoms with Crippen molar-refractivity contribution in [2.45, 2.75) is 19.9 Å². The number of rotatable bonds is 5. The molecular formula is C11H14F3NO2. The van der Waals surface area contributed by atoms with Gasteiger partial charge in [0, 0.05) is 6.54 Å². The van der Waals surface area contributed by atoms with E-state index in [4.69, 9.17) is 10.5 Å². The second kappa shape index (κ2) is 5.88. The first-order valence-electron chi connectivity index (χ1n) is 5.05. The van der Waals surface area contributed by atoms with Gasteiger partial charge in [-0.05, 0) is 30.2 Å². The third kappa shape index (κ3) is 5.55. The molecular weight excluding hydrogens is 235 g/mol. The van der Waals surface area contributed by atoms with Crippen LogP contribution in [0.15, 0.2) is 18.2 Å². The average Bonchev–Trinajstić information content (AvgIpc) is 2.14. The number of alkyl halides is 3. The van der Waals surface area contributed by atoms with Gasteiger partial charge in [0.2, 0.25) is 0 Å². The SMILES string of the molecule is Cc1cc(COCCN)cc(OC(F)(F)F)c1. The maximum absolute atomic E-state index is 12.0. The van der Waals surface area contributed by atoms with Crippen LogP contribution in [0.4, 0.5) is 13.2 Å². The molecule has 0 aromatic heterocycles. The summed E-state index contributed by atoms with van der Waals surface area (Å²) in [5, 5.41) is 0. The van der Waals surface area contributed by atoms with Crippen LogP contribution in [-0.4, -0.2) is 19.5 Å². The zero-order valence-electron chi connectivity index (χ0n) is 9.38. The van der Waals surface area contributed by atoms with Crippen LogP contribution in [0.2, 0.25) is 0 Å². The van der Waals surface area contributed by atoms with Gasteiger partial charge in [0.15, 0.2) is 0 Å². The molecule has 0 amide bonds. The van der Waals surface area contributed by atoms with Crippen molar-refractivity contribution in [3.05, 3.63) is 29.3 Å². The highest BCUT2D eigenvalue weighted by Gasteiger charge is 2.31. The van der Waals surface area contributed by atoms with Crippen molar-refractivity contribution in [3.63, 3.8) is 0 Å². The molecule has 6 heteroatoms. The molecule has 0 radical (unpaired) electrons. The number of hydrogen-bond acceptors (Lipinski definition) is 3. The second-order valence-corrected chi connectivity index (χ2v) is 3.54. The molecule has 0 aliphatic heterocycles. The number of nitrogens with two attached hydrogens (primary N) is 1. The fourth-order valence-electron chi connectivity index (χ4n) is 1.37. The minimum absolute atomic E-state index is 0.215. The largest absolute Gasteiger partial charge is 0.573 e. The molecule has 0 fully saturated rings. The lowest BCUT2D eigenvalue weighted by molar-refractivity contribution is -0.274. The van der Waals surface area contributed by atoms with E-state index in [0.717, 1.165) is 0 Å². The summed E-state index contributed by atoms with van der Waals surface area (Å²) in [6, 6.07) is 4.36. The molecule has 0 saturated carbocycles. The highest BCUT2D eigenvalue weighted by atomic mass is 19.4. The Hall–Kier alpha value is -1.27. The summed E-state index contributed by atoms with van der Waals surface area (Å²) in [6.45, 7) is 2.64. The van der Waals surface area contributed by atoms with Crippen molar-refractivity contribution in [2.24, 2.45) is 5.73 Å². The minimum atomic E-state index is -4.68. The third-order valence-corrected chi connectivity index (χ3v) is 1.88. The fourth-order valence-corrected chi connectivity index (χ4v) is 1.37. The van der Waals surface area contributed by atoms with Crippen LogP contribution in [0.25, 0.3) is 0 Å². The summed E-state index contributed by atoms with van der Waals surface area (Å²) in [4.78, 5) is 0. The maximum Gasteiger partial charge on any atom is 0.573 e. The normalized spacial score (nSPS) is 11.6.